The molecule has 1 aliphatic carbocycles. The molecule has 3 aromatic rings. The monoisotopic (exact) mass is 320 g/mol. The number of para-hydroxylation sites is 1. The van der Waals surface area contributed by atoms with Gasteiger partial charge in [0, 0.05) is 22.9 Å². The fraction of sp³-hybridized carbons (Fsp3) is 0.429. The van der Waals surface area contributed by atoms with Crippen LogP contribution < -0.4 is 4.90 Å². The lowest BCUT2D eigenvalue weighted by molar-refractivity contribution is 0.149. The second kappa shape index (κ2) is 5.00. The first-order valence-electron chi connectivity index (χ1n) is 9.06. The lowest BCUT2D eigenvalue weighted by atomic mass is 10.0. The van der Waals surface area contributed by atoms with Crippen LogP contribution in [-0.4, -0.2) is 30.2 Å². The minimum absolute atomic E-state index is 0.411. The molecular formula is C21H24N2O. The molecule has 5 rings (SSSR count). The summed E-state index contributed by atoms with van der Waals surface area (Å²) in [4.78, 5) is 5.17. The largest absolute Gasteiger partial charge is 0.454 e. The minimum Gasteiger partial charge on any atom is -0.454 e. The highest BCUT2D eigenvalue weighted by atomic mass is 16.3. The van der Waals surface area contributed by atoms with E-state index in [0.717, 1.165) is 17.2 Å². The standard InChI is InChI=1S/C21H24N2O/c1-13-8-11-18-17-6-4-5-7-19(17)24-21(18)20(13)23-14(2)22(3)15-9-10-16(23)12-15/h4-8,11,14-16H,9-10,12H2,1-3H3/t14-,15?,16?/m0/s1. The molecule has 1 saturated carbocycles. The Labute approximate surface area is 142 Å². The van der Waals surface area contributed by atoms with Gasteiger partial charge < -0.3 is 9.32 Å². The SMILES string of the molecule is Cc1ccc2c(oc3ccccc32)c1N1C2CCC(C2)N(C)[C@@H]1C. The van der Waals surface area contributed by atoms with Gasteiger partial charge in [-0.2, -0.15) is 0 Å². The van der Waals surface area contributed by atoms with Crippen molar-refractivity contribution in [2.24, 2.45) is 0 Å². The van der Waals surface area contributed by atoms with Crippen molar-refractivity contribution in [3.63, 3.8) is 0 Å². The number of anilines is 1. The number of hydrogen-bond acceptors (Lipinski definition) is 3. The predicted octanol–water partition coefficient (Wildman–Crippen LogP) is 4.91. The molecule has 2 fully saturated rings. The van der Waals surface area contributed by atoms with E-state index in [2.05, 4.69) is 67.1 Å². The molecule has 2 heterocycles. The summed E-state index contributed by atoms with van der Waals surface area (Å²) >= 11 is 0. The summed E-state index contributed by atoms with van der Waals surface area (Å²) in [7, 11) is 2.28. The zero-order chi connectivity index (χ0) is 16.4. The van der Waals surface area contributed by atoms with Crippen LogP contribution in [-0.2, 0) is 0 Å². The summed E-state index contributed by atoms with van der Waals surface area (Å²) < 4.78 is 6.35. The van der Waals surface area contributed by atoms with Crippen molar-refractivity contribution in [1.29, 1.82) is 0 Å². The van der Waals surface area contributed by atoms with Gasteiger partial charge in [0.25, 0.3) is 0 Å². The quantitative estimate of drug-likeness (QED) is 0.635. The van der Waals surface area contributed by atoms with Gasteiger partial charge in [-0.25, -0.2) is 0 Å². The van der Waals surface area contributed by atoms with Gasteiger partial charge >= 0.3 is 0 Å². The van der Waals surface area contributed by atoms with E-state index in [4.69, 9.17) is 4.42 Å². The second-order valence-electron chi connectivity index (χ2n) is 7.53. The highest BCUT2D eigenvalue weighted by Crippen LogP contribution is 2.44. The summed E-state index contributed by atoms with van der Waals surface area (Å²) in [6, 6.07) is 14.2. The summed E-state index contributed by atoms with van der Waals surface area (Å²) in [6.45, 7) is 4.56. The maximum absolute atomic E-state index is 6.35. The van der Waals surface area contributed by atoms with Crippen molar-refractivity contribution >= 4 is 27.6 Å². The van der Waals surface area contributed by atoms with Gasteiger partial charge in [0.1, 0.15) is 5.58 Å². The third kappa shape index (κ3) is 1.82. The number of hydrogen-bond donors (Lipinski definition) is 0. The number of rotatable bonds is 1. The molecule has 3 atom stereocenters. The highest BCUT2D eigenvalue weighted by molar-refractivity contribution is 6.09. The van der Waals surface area contributed by atoms with Gasteiger partial charge in [-0.05, 0) is 51.8 Å². The molecule has 1 aromatic heterocycles. The Bertz CT molecular complexity index is 928. The average Bonchev–Trinajstić information content (AvgIpc) is 3.18. The van der Waals surface area contributed by atoms with Gasteiger partial charge in [0.15, 0.2) is 5.58 Å². The molecule has 3 nitrogen and oxygen atoms in total. The number of aryl methyl sites for hydroxylation is 1. The maximum Gasteiger partial charge on any atom is 0.159 e. The van der Waals surface area contributed by atoms with Crippen LogP contribution >= 0.6 is 0 Å². The normalized spacial score (nSPS) is 27.5. The first-order chi connectivity index (χ1) is 11.6. The number of fused-ring (bicyclic) bond motifs is 5. The molecular weight excluding hydrogens is 296 g/mol. The van der Waals surface area contributed by atoms with Crippen molar-refractivity contribution in [3.05, 3.63) is 42.0 Å². The van der Waals surface area contributed by atoms with E-state index in [9.17, 15) is 0 Å². The number of benzene rings is 2. The Hall–Kier alpha value is -2.00. The summed E-state index contributed by atoms with van der Waals surface area (Å²) in [5, 5.41) is 2.46. The Morgan fingerprint density at radius 3 is 2.67 bits per heavy atom. The fourth-order valence-corrected chi connectivity index (χ4v) is 4.93. The second-order valence-corrected chi connectivity index (χ2v) is 7.53. The third-order valence-electron chi connectivity index (χ3n) is 6.32. The van der Waals surface area contributed by atoms with Crippen LogP contribution in [0.3, 0.4) is 0 Å². The van der Waals surface area contributed by atoms with E-state index < -0.39 is 0 Å². The zero-order valence-electron chi connectivity index (χ0n) is 14.6. The van der Waals surface area contributed by atoms with Crippen molar-refractivity contribution in [2.45, 2.75) is 51.4 Å². The Kier molecular flexibility index (Phi) is 2.99. The molecule has 2 bridgehead atoms. The van der Waals surface area contributed by atoms with Crippen LogP contribution in [0.5, 0.6) is 0 Å². The van der Waals surface area contributed by atoms with Gasteiger partial charge in [-0.3, -0.25) is 4.90 Å². The smallest absolute Gasteiger partial charge is 0.159 e. The Morgan fingerprint density at radius 2 is 1.79 bits per heavy atom. The maximum atomic E-state index is 6.35. The molecule has 0 radical (unpaired) electrons. The van der Waals surface area contributed by atoms with Crippen LogP contribution in [0.15, 0.2) is 40.8 Å². The molecule has 2 unspecified atom stereocenters. The van der Waals surface area contributed by atoms with E-state index in [1.807, 2.05) is 0 Å². The highest BCUT2D eigenvalue weighted by Gasteiger charge is 2.42. The van der Waals surface area contributed by atoms with Crippen molar-refractivity contribution in [2.75, 3.05) is 11.9 Å². The Balaban J connectivity index is 1.78. The molecule has 3 heteroatoms. The molecule has 0 amide bonds. The van der Waals surface area contributed by atoms with E-state index >= 15 is 0 Å². The van der Waals surface area contributed by atoms with Gasteiger partial charge in [0.2, 0.25) is 0 Å². The van der Waals surface area contributed by atoms with E-state index in [1.54, 1.807) is 0 Å². The van der Waals surface area contributed by atoms with Gasteiger partial charge in [-0.1, -0.05) is 30.3 Å². The van der Waals surface area contributed by atoms with Crippen LogP contribution in [0.2, 0.25) is 0 Å². The van der Waals surface area contributed by atoms with Crippen molar-refractivity contribution < 1.29 is 4.42 Å². The first kappa shape index (κ1) is 14.4. The Morgan fingerprint density at radius 1 is 1.00 bits per heavy atom. The van der Waals surface area contributed by atoms with Crippen LogP contribution in [0.1, 0.15) is 31.7 Å². The molecule has 0 N–H and O–H groups in total. The van der Waals surface area contributed by atoms with Gasteiger partial charge in [0.05, 0.1) is 11.9 Å². The van der Waals surface area contributed by atoms with E-state index in [1.165, 1.54) is 41.3 Å². The first-order valence-corrected chi connectivity index (χ1v) is 9.06. The number of furan rings is 1. The predicted molar refractivity (Wildman–Crippen MR) is 99.6 cm³/mol. The molecule has 1 saturated heterocycles. The molecule has 2 aliphatic rings. The summed E-state index contributed by atoms with van der Waals surface area (Å²) in [5.74, 6) is 0. The average molecular weight is 320 g/mol. The summed E-state index contributed by atoms with van der Waals surface area (Å²) in [5.41, 5.74) is 4.66. The topological polar surface area (TPSA) is 19.6 Å². The third-order valence-corrected chi connectivity index (χ3v) is 6.32. The van der Waals surface area contributed by atoms with E-state index in [0.29, 0.717) is 12.2 Å². The van der Waals surface area contributed by atoms with Crippen LogP contribution in [0, 0.1) is 6.92 Å². The summed E-state index contributed by atoms with van der Waals surface area (Å²) in [6.07, 6.45) is 4.29. The molecule has 24 heavy (non-hydrogen) atoms. The van der Waals surface area contributed by atoms with Crippen molar-refractivity contribution in [1.82, 2.24) is 4.90 Å². The van der Waals surface area contributed by atoms with Crippen LogP contribution in [0.4, 0.5) is 5.69 Å². The zero-order valence-corrected chi connectivity index (χ0v) is 14.6. The molecule has 0 spiro atoms. The van der Waals surface area contributed by atoms with Gasteiger partial charge in [-0.15, -0.1) is 0 Å². The molecule has 124 valence electrons. The van der Waals surface area contributed by atoms with Crippen molar-refractivity contribution in [3.8, 4) is 0 Å². The molecule has 1 aliphatic heterocycles. The van der Waals surface area contributed by atoms with Crippen LogP contribution in [0.25, 0.3) is 21.9 Å². The lowest BCUT2D eigenvalue weighted by Gasteiger charge is -2.47. The number of nitrogens with zero attached hydrogens (tertiary/aromatic N) is 2. The minimum atomic E-state index is 0.411. The lowest BCUT2D eigenvalue weighted by Crippen LogP contribution is -2.56. The van der Waals surface area contributed by atoms with E-state index in [-0.39, 0.29) is 0 Å². The molecule has 2 aromatic carbocycles. The fourth-order valence-electron chi connectivity index (χ4n) is 4.93.